The maximum absolute atomic E-state index is 5.57. The predicted molar refractivity (Wildman–Crippen MR) is 38.4 cm³/mol. The standard InChI is InChI=1S/C7H12N2O/c1-3-8-5-7(1)2-4-9-6-10-7/h1,3,8-9H,2,4-6H2. The molecule has 0 aromatic rings. The Bertz CT molecular complexity index is 150. The molecule has 3 heteroatoms. The van der Waals surface area contributed by atoms with Gasteiger partial charge in [0.1, 0.15) is 5.60 Å². The maximum atomic E-state index is 5.57. The number of nitrogens with one attached hydrogen (secondary N) is 2. The van der Waals surface area contributed by atoms with Crippen LogP contribution >= 0.6 is 0 Å². The lowest BCUT2D eigenvalue weighted by Crippen LogP contribution is -2.45. The zero-order chi connectivity index (χ0) is 6.86. The van der Waals surface area contributed by atoms with Crippen LogP contribution in [0.5, 0.6) is 0 Å². The van der Waals surface area contributed by atoms with E-state index in [-0.39, 0.29) is 5.60 Å². The molecule has 0 saturated carbocycles. The lowest BCUT2D eigenvalue weighted by molar-refractivity contribution is -0.0413. The Hall–Kier alpha value is -0.540. The lowest BCUT2D eigenvalue weighted by atomic mass is 10.0. The van der Waals surface area contributed by atoms with Gasteiger partial charge in [0.25, 0.3) is 0 Å². The summed E-state index contributed by atoms with van der Waals surface area (Å²) < 4.78 is 5.57. The van der Waals surface area contributed by atoms with Crippen molar-refractivity contribution in [3.05, 3.63) is 12.3 Å². The van der Waals surface area contributed by atoms with Crippen LogP contribution in [0.2, 0.25) is 0 Å². The normalized spacial score (nSPS) is 38.4. The number of ether oxygens (including phenoxy) is 1. The highest BCUT2D eigenvalue weighted by atomic mass is 16.5. The Morgan fingerprint density at radius 2 is 2.50 bits per heavy atom. The van der Waals surface area contributed by atoms with Gasteiger partial charge in [-0.3, -0.25) is 5.32 Å². The summed E-state index contributed by atoms with van der Waals surface area (Å²) in [6, 6.07) is 0. The molecule has 10 heavy (non-hydrogen) atoms. The molecule has 2 aliphatic rings. The van der Waals surface area contributed by atoms with Crippen LogP contribution in [0, 0.1) is 0 Å². The Labute approximate surface area is 60.4 Å². The van der Waals surface area contributed by atoms with E-state index in [0.717, 1.165) is 19.5 Å². The fraction of sp³-hybridized carbons (Fsp3) is 0.714. The van der Waals surface area contributed by atoms with E-state index in [1.165, 1.54) is 0 Å². The molecule has 2 heterocycles. The van der Waals surface area contributed by atoms with Gasteiger partial charge in [0.05, 0.1) is 6.73 Å². The molecule has 1 atom stereocenters. The van der Waals surface area contributed by atoms with Crippen LogP contribution in [0.3, 0.4) is 0 Å². The van der Waals surface area contributed by atoms with E-state index in [4.69, 9.17) is 4.74 Å². The molecule has 1 spiro atoms. The molecule has 0 radical (unpaired) electrons. The zero-order valence-electron chi connectivity index (χ0n) is 5.89. The van der Waals surface area contributed by atoms with Crippen LogP contribution in [0.15, 0.2) is 12.3 Å². The predicted octanol–water partition coefficient (Wildman–Crippen LogP) is -0.191. The molecule has 0 aromatic heterocycles. The largest absolute Gasteiger partial charge is 0.388 e. The summed E-state index contributed by atoms with van der Waals surface area (Å²) >= 11 is 0. The maximum Gasteiger partial charge on any atom is 0.108 e. The highest BCUT2D eigenvalue weighted by Crippen LogP contribution is 2.21. The fourth-order valence-electron chi connectivity index (χ4n) is 1.41. The highest BCUT2D eigenvalue weighted by molar-refractivity contribution is 5.10. The Balaban J connectivity index is 2.05. The SMILES string of the molecule is C1=CC2(CCNCO2)CN1. The van der Waals surface area contributed by atoms with Gasteiger partial charge < -0.3 is 10.1 Å². The number of hydrogen-bond acceptors (Lipinski definition) is 3. The Morgan fingerprint density at radius 1 is 1.50 bits per heavy atom. The summed E-state index contributed by atoms with van der Waals surface area (Å²) in [6.07, 6.45) is 5.18. The molecule has 0 amide bonds. The molecule has 0 bridgehead atoms. The average Bonchev–Trinajstić information content (AvgIpc) is 2.39. The molecule has 1 unspecified atom stereocenters. The smallest absolute Gasteiger partial charge is 0.108 e. The third-order valence-corrected chi connectivity index (χ3v) is 2.09. The van der Waals surface area contributed by atoms with Crippen molar-refractivity contribution in [1.29, 1.82) is 0 Å². The first-order valence-electron chi connectivity index (χ1n) is 3.67. The molecule has 2 aliphatic heterocycles. The van der Waals surface area contributed by atoms with Gasteiger partial charge in [-0.05, 0) is 18.7 Å². The van der Waals surface area contributed by atoms with E-state index >= 15 is 0 Å². The third kappa shape index (κ3) is 0.914. The van der Waals surface area contributed by atoms with Crippen molar-refractivity contribution in [1.82, 2.24) is 10.6 Å². The summed E-state index contributed by atoms with van der Waals surface area (Å²) in [5.41, 5.74) is 0.0191. The second kappa shape index (κ2) is 2.25. The minimum absolute atomic E-state index is 0.0191. The van der Waals surface area contributed by atoms with Gasteiger partial charge >= 0.3 is 0 Å². The lowest BCUT2D eigenvalue weighted by Gasteiger charge is -2.31. The van der Waals surface area contributed by atoms with Gasteiger partial charge in [-0.15, -0.1) is 0 Å². The first-order valence-corrected chi connectivity index (χ1v) is 3.67. The van der Waals surface area contributed by atoms with Crippen molar-refractivity contribution in [3.8, 4) is 0 Å². The minimum Gasteiger partial charge on any atom is -0.388 e. The molecular weight excluding hydrogens is 128 g/mol. The van der Waals surface area contributed by atoms with E-state index in [1.807, 2.05) is 6.20 Å². The van der Waals surface area contributed by atoms with Gasteiger partial charge in [0, 0.05) is 13.1 Å². The van der Waals surface area contributed by atoms with Crippen LogP contribution in [-0.2, 0) is 4.74 Å². The van der Waals surface area contributed by atoms with Crippen molar-refractivity contribution in [2.24, 2.45) is 0 Å². The topological polar surface area (TPSA) is 33.3 Å². The van der Waals surface area contributed by atoms with E-state index in [9.17, 15) is 0 Å². The van der Waals surface area contributed by atoms with Crippen molar-refractivity contribution in [3.63, 3.8) is 0 Å². The number of rotatable bonds is 0. The van der Waals surface area contributed by atoms with Crippen molar-refractivity contribution in [2.45, 2.75) is 12.0 Å². The monoisotopic (exact) mass is 140 g/mol. The van der Waals surface area contributed by atoms with Crippen molar-refractivity contribution >= 4 is 0 Å². The second-order valence-corrected chi connectivity index (χ2v) is 2.82. The van der Waals surface area contributed by atoms with Crippen LogP contribution in [-0.4, -0.2) is 25.4 Å². The molecule has 56 valence electrons. The van der Waals surface area contributed by atoms with Crippen molar-refractivity contribution < 1.29 is 4.74 Å². The minimum atomic E-state index is 0.0191. The number of hydrogen-bond donors (Lipinski definition) is 2. The zero-order valence-corrected chi connectivity index (χ0v) is 5.89. The van der Waals surface area contributed by atoms with Crippen LogP contribution < -0.4 is 10.6 Å². The van der Waals surface area contributed by atoms with E-state index in [2.05, 4.69) is 16.7 Å². The first kappa shape index (κ1) is 6.19. The van der Waals surface area contributed by atoms with E-state index in [0.29, 0.717) is 6.73 Å². The van der Waals surface area contributed by atoms with Gasteiger partial charge in [0.15, 0.2) is 0 Å². The molecule has 3 nitrogen and oxygen atoms in total. The quantitative estimate of drug-likeness (QED) is 0.489. The molecule has 0 aliphatic carbocycles. The van der Waals surface area contributed by atoms with E-state index in [1.54, 1.807) is 0 Å². The van der Waals surface area contributed by atoms with E-state index < -0.39 is 0 Å². The van der Waals surface area contributed by atoms with Crippen LogP contribution in [0.4, 0.5) is 0 Å². The Morgan fingerprint density at radius 3 is 3.10 bits per heavy atom. The van der Waals surface area contributed by atoms with Gasteiger partial charge in [-0.2, -0.15) is 0 Å². The Kier molecular flexibility index (Phi) is 1.39. The van der Waals surface area contributed by atoms with Gasteiger partial charge in [0.2, 0.25) is 0 Å². The highest BCUT2D eigenvalue weighted by Gasteiger charge is 2.32. The summed E-state index contributed by atoms with van der Waals surface area (Å²) in [5, 5.41) is 6.30. The first-order chi connectivity index (χ1) is 4.91. The summed E-state index contributed by atoms with van der Waals surface area (Å²) in [6.45, 7) is 2.69. The molecular formula is C7H12N2O. The fourth-order valence-corrected chi connectivity index (χ4v) is 1.41. The molecule has 0 aromatic carbocycles. The van der Waals surface area contributed by atoms with Gasteiger partial charge in [-0.1, -0.05) is 0 Å². The second-order valence-electron chi connectivity index (χ2n) is 2.82. The summed E-state index contributed by atoms with van der Waals surface area (Å²) in [5.74, 6) is 0. The molecule has 2 rings (SSSR count). The van der Waals surface area contributed by atoms with Crippen molar-refractivity contribution in [2.75, 3.05) is 19.8 Å². The summed E-state index contributed by atoms with van der Waals surface area (Å²) in [4.78, 5) is 0. The van der Waals surface area contributed by atoms with Gasteiger partial charge in [-0.25, -0.2) is 0 Å². The average molecular weight is 140 g/mol. The van der Waals surface area contributed by atoms with Crippen LogP contribution in [0.25, 0.3) is 0 Å². The molecule has 1 fully saturated rings. The molecule has 1 saturated heterocycles. The van der Waals surface area contributed by atoms with Crippen LogP contribution in [0.1, 0.15) is 6.42 Å². The summed E-state index contributed by atoms with van der Waals surface area (Å²) in [7, 11) is 0. The third-order valence-electron chi connectivity index (χ3n) is 2.09. The molecule has 2 N–H and O–H groups in total.